The number of Topliss-reactive ketones (excluding diaryl/α,β-unsaturated/α-hetero) is 1. The van der Waals surface area contributed by atoms with Gasteiger partial charge < -0.3 is 9.84 Å². The molecule has 0 aromatic heterocycles. The largest absolute Gasteiger partial charge is 0.507 e. The monoisotopic (exact) mass is 447 g/mol. The van der Waals surface area contributed by atoms with E-state index in [0.29, 0.717) is 22.6 Å². The summed E-state index contributed by atoms with van der Waals surface area (Å²) in [5.74, 6) is -1.27. The molecule has 1 unspecified atom stereocenters. The highest BCUT2D eigenvalue weighted by Gasteiger charge is 2.47. The minimum Gasteiger partial charge on any atom is -0.507 e. The summed E-state index contributed by atoms with van der Waals surface area (Å²) in [4.78, 5) is 27.9. The first kappa shape index (κ1) is 21.7. The smallest absolute Gasteiger partial charge is 0.300 e. The zero-order valence-electron chi connectivity index (χ0n) is 17.9. The number of benzene rings is 3. The van der Waals surface area contributed by atoms with E-state index in [4.69, 9.17) is 16.3 Å². The molecule has 6 heteroatoms. The summed E-state index contributed by atoms with van der Waals surface area (Å²) >= 11 is 6.24. The number of aryl methyl sites for hydroxylation is 1. The molecule has 1 amide bonds. The predicted octanol–water partition coefficient (Wildman–Crippen LogP) is 5.59. The maximum Gasteiger partial charge on any atom is 0.300 e. The lowest BCUT2D eigenvalue weighted by Crippen LogP contribution is -2.30. The van der Waals surface area contributed by atoms with E-state index in [1.165, 1.54) is 18.1 Å². The van der Waals surface area contributed by atoms with Crippen molar-refractivity contribution in [3.63, 3.8) is 0 Å². The topological polar surface area (TPSA) is 66.8 Å². The highest BCUT2D eigenvalue weighted by Crippen LogP contribution is 2.43. The summed E-state index contributed by atoms with van der Waals surface area (Å²) in [6.07, 6.45) is 0. The minimum atomic E-state index is -0.780. The second kappa shape index (κ2) is 8.52. The lowest BCUT2D eigenvalue weighted by Gasteiger charge is -2.27. The SMILES string of the molecule is COc1ccc(/C(O)=C2\C(=O)C(=O)N(c3cccc(C)c3C)C2c2ccccc2)cc1Cl. The number of carbonyl (C=O) groups excluding carboxylic acids is 2. The van der Waals surface area contributed by atoms with Crippen LogP contribution in [0, 0.1) is 13.8 Å². The van der Waals surface area contributed by atoms with E-state index in [1.54, 1.807) is 12.1 Å². The van der Waals surface area contributed by atoms with E-state index in [1.807, 2.05) is 62.4 Å². The van der Waals surface area contributed by atoms with Crippen LogP contribution in [0.4, 0.5) is 5.69 Å². The van der Waals surface area contributed by atoms with Crippen LogP contribution in [0.1, 0.15) is 28.3 Å². The van der Waals surface area contributed by atoms with Crippen LogP contribution < -0.4 is 9.64 Å². The van der Waals surface area contributed by atoms with Crippen LogP contribution >= 0.6 is 11.6 Å². The van der Waals surface area contributed by atoms with E-state index < -0.39 is 17.7 Å². The number of halogens is 1. The maximum absolute atomic E-state index is 13.3. The summed E-state index contributed by atoms with van der Waals surface area (Å²) in [6.45, 7) is 3.86. The second-order valence-electron chi connectivity index (χ2n) is 7.65. The standard InChI is InChI=1S/C26H22ClNO4/c1-15-8-7-11-20(16(15)2)28-23(17-9-5-4-6-10-17)22(25(30)26(28)31)24(29)18-12-13-21(32-3)19(27)14-18/h4-14,23,29H,1-3H3/b24-22+. The summed E-state index contributed by atoms with van der Waals surface area (Å²) in [7, 11) is 1.49. The van der Waals surface area contributed by atoms with Gasteiger partial charge in [-0.15, -0.1) is 0 Å². The fourth-order valence-electron chi connectivity index (χ4n) is 4.00. The molecular weight excluding hydrogens is 426 g/mol. The third-order valence-corrected chi connectivity index (χ3v) is 6.12. The van der Waals surface area contributed by atoms with Crippen LogP contribution in [-0.4, -0.2) is 23.9 Å². The molecule has 0 saturated carbocycles. The first-order valence-electron chi connectivity index (χ1n) is 10.1. The molecule has 1 atom stereocenters. The number of ketones is 1. The van der Waals surface area contributed by atoms with Gasteiger partial charge in [-0.2, -0.15) is 0 Å². The summed E-state index contributed by atoms with van der Waals surface area (Å²) in [5.41, 5.74) is 3.58. The van der Waals surface area contributed by atoms with Gasteiger partial charge in [0.25, 0.3) is 11.7 Å². The third-order valence-electron chi connectivity index (χ3n) is 5.82. The summed E-state index contributed by atoms with van der Waals surface area (Å²) in [5, 5.41) is 11.5. The van der Waals surface area contributed by atoms with Crippen molar-refractivity contribution in [3.8, 4) is 5.75 Å². The van der Waals surface area contributed by atoms with Gasteiger partial charge in [0.15, 0.2) is 0 Å². The van der Waals surface area contributed by atoms with E-state index in [2.05, 4.69) is 0 Å². The van der Waals surface area contributed by atoms with Crippen molar-refractivity contribution in [1.82, 2.24) is 0 Å². The summed E-state index contributed by atoms with van der Waals surface area (Å²) in [6, 6.07) is 18.8. The van der Waals surface area contributed by atoms with E-state index in [9.17, 15) is 14.7 Å². The number of rotatable bonds is 4. The average Bonchev–Trinajstić information content (AvgIpc) is 3.06. The van der Waals surface area contributed by atoms with Crippen LogP contribution in [0.15, 0.2) is 72.3 Å². The molecule has 0 aliphatic carbocycles. The van der Waals surface area contributed by atoms with E-state index in [0.717, 1.165) is 11.1 Å². The van der Waals surface area contributed by atoms with E-state index in [-0.39, 0.29) is 16.4 Å². The van der Waals surface area contributed by atoms with Gasteiger partial charge in [0, 0.05) is 11.3 Å². The molecule has 4 rings (SSSR count). The van der Waals surface area contributed by atoms with Crippen LogP contribution in [0.5, 0.6) is 5.75 Å². The van der Waals surface area contributed by atoms with Gasteiger partial charge in [-0.3, -0.25) is 14.5 Å². The van der Waals surface area contributed by atoms with Gasteiger partial charge in [0.05, 0.1) is 23.7 Å². The van der Waals surface area contributed by atoms with Gasteiger partial charge in [-0.05, 0) is 54.8 Å². The summed E-state index contributed by atoms with van der Waals surface area (Å²) < 4.78 is 5.17. The van der Waals surface area contributed by atoms with Crippen molar-refractivity contribution in [2.45, 2.75) is 19.9 Å². The maximum atomic E-state index is 13.3. The fourth-order valence-corrected chi connectivity index (χ4v) is 4.26. The molecule has 1 aliphatic heterocycles. The number of carbonyl (C=O) groups is 2. The van der Waals surface area contributed by atoms with Crippen molar-refractivity contribution in [2.75, 3.05) is 12.0 Å². The number of aliphatic hydroxyl groups is 1. The number of anilines is 1. The van der Waals surface area contributed by atoms with E-state index >= 15 is 0 Å². The molecular formula is C26H22ClNO4. The third kappa shape index (κ3) is 3.55. The number of ether oxygens (including phenoxy) is 1. The predicted molar refractivity (Wildman–Crippen MR) is 125 cm³/mol. The molecule has 1 saturated heterocycles. The Kier molecular flexibility index (Phi) is 5.76. The van der Waals surface area contributed by atoms with Gasteiger partial charge in [0.1, 0.15) is 11.5 Å². The lowest BCUT2D eigenvalue weighted by molar-refractivity contribution is -0.132. The molecule has 1 N–H and O–H groups in total. The zero-order chi connectivity index (χ0) is 23.0. The second-order valence-corrected chi connectivity index (χ2v) is 8.06. The molecule has 1 heterocycles. The molecule has 0 radical (unpaired) electrons. The minimum absolute atomic E-state index is 0.0170. The molecule has 3 aromatic rings. The Morgan fingerprint density at radius 1 is 1.00 bits per heavy atom. The van der Waals surface area contributed by atoms with Crippen LogP contribution in [0.25, 0.3) is 5.76 Å². The first-order chi connectivity index (χ1) is 15.3. The van der Waals surface area contributed by atoms with Crippen molar-refractivity contribution >= 4 is 34.7 Å². The molecule has 5 nitrogen and oxygen atoms in total. The van der Waals surface area contributed by atoms with Gasteiger partial charge in [0.2, 0.25) is 0 Å². The Hall–Kier alpha value is -3.57. The Morgan fingerprint density at radius 3 is 2.38 bits per heavy atom. The van der Waals surface area contributed by atoms with Crippen molar-refractivity contribution in [3.05, 3.63) is 99.6 Å². The number of methoxy groups -OCH3 is 1. The lowest BCUT2D eigenvalue weighted by atomic mass is 9.94. The normalized spacial score (nSPS) is 17.6. The van der Waals surface area contributed by atoms with Gasteiger partial charge >= 0.3 is 0 Å². The first-order valence-corrected chi connectivity index (χ1v) is 10.5. The highest BCUT2D eigenvalue weighted by molar-refractivity contribution is 6.51. The number of aliphatic hydroxyl groups excluding tert-OH is 1. The molecule has 0 spiro atoms. The number of amides is 1. The van der Waals surface area contributed by atoms with Gasteiger partial charge in [-0.1, -0.05) is 54.1 Å². The molecule has 1 aliphatic rings. The molecule has 0 bridgehead atoms. The van der Waals surface area contributed by atoms with Gasteiger partial charge in [-0.25, -0.2) is 0 Å². The fraction of sp³-hybridized carbons (Fsp3) is 0.154. The van der Waals surface area contributed by atoms with Crippen molar-refractivity contribution < 1.29 is 19.4 Å². The Bertz CT molecular complexity index is 1250. The quantitative estimate of drug-likeness (QED) is 0.321. The molecule has 3 aromatic carbocycles. The van der Waals surface area contributed by atoms with Crippen LogP contribution in [-0.2, 0) is 9.59 Å². The Morgan fingerprint density at radius 2 is 1.72 bits per heavy atom. The average molecular weight is 448 g/mol. The van der Waals surface area contributed by atoms with Crippen LogP contribution in [0.3, 0.4) is 0 Å². The molecule has 32 heavy (non-hydrogen) atoms. The number of nitrogens with zero attached hydrogens (tertiary/aromatic N) is 1. The Labute approximate surface area is 191 Å². The highest BCUT2D eigenvalue weighted by atomic mass is 35.5. The molecule has 162 valence electrons. The Balaban J connectivity index is 1.96. The number of hydrogen-bond acceptors (Lipinski definition) is 4. The van der Waals surface area contributed by atoms with Crippen LogP contribution in [0.2, 0.25) is 5.02 Å². The van der Waals surface area contributed by atoms with Crippen molar-refractivity contribution in [2.24, 2.45) is 0 Å². The zero-order valence-corrected chi connectivity index (χ0v) is 18.7. The number of hydrogen-bond donors (Lipinski definition) is 1. The molecule has 1 fully saturated rings. The van der Waals surface area contributed by atoms with Crippen molar-refractivity contribution in [1.29, 1.82) is 0 Å².